The summed E-state index contributed by atoms with van der Waals surface area (Å²) < 4.78 is 5.06. The van der Waals surface area contributed by atoms with Crippen LogP contribution in [0.1, 0.15) is 11.1 Å². The highest BCUT2D eigenvalue weighted by atomic mass is 14.9. The van der Waals surface area contributed by atoms with E-state index in [2.05, 4.69) is 108 Å². The maximum absolute atomic E-state index is 2.53. The van der Waals surface area contributed by atoms with Gasteiger partial charge in [0.1, 0.15) is 0 Å². The average molecular weight is 433 g/mol. The van der Waals surface area contributed by atoms with E-state index < -0.39 is 0 Å². The molecule has 0 unspecified atom stereocenters. The lowest BCUT2D eigenvalue weighted by Crippen LogP contribution is -1.81. The third-order valence-electron chi connectivity index (χ3n) is 8.21. The minimum Gasteiger partial charge on any atom is -0.308 e. The van der Waals surface area contributed by atoms with Crippen molar-refractivity contribution < 1.29 is 0 Å². The lowest BCUT2D eigenvalue weighted by atomic mass is 9.95. The molecule has 4 heterocycles. The normalized spacial score (nSPS) is 13.0. The van der Waals surface area contributed by atoms with Crippen LogP contribution in [0.5, 0.6) is 0 Å². The average Bonchev–Trinajstić information content (AvgIpc) is 3.57. The Morgan fingerprint density at radius 2 is 0.794 bits per heavy atom. The van der Waals surface area contributed by atoms with Gasteiger partial charge in [0.05, 0.1) is 33.1 Å². The number of fused-ring (bicyclic) bond motifs is 14. The molecule has 4 aromatic heterocycles. The second kappa shape index (κ2) is 5.43. The summed E-state index contributed by atoms with van der Waals surface area (Å²) in [6.07, 6.45) is 0. The largest absolute Gasteiger partial charge is 0.308 e. The topological polar surface area (TPSA) is 8.82 Å². The van der Waals surface area contributed by atoms with Gasteiger partial charge < -0.3 is 8.80 Å². The Kier molecular flexibility index (Phi) is 2.75. The second-order valence-electron chi connectivity index (χ2n) is 9.84. The highest BCUT2D eigenvalue weighted by Gasteiger charge is 2.28. The van der Waals surface area contributed by atoms with Gasteiger partial charge in [-0.2, -0.15) is 0 Å². The molecule has 0 fully saturated rings. The number of rotatable bonds is 0. The highest BCUT2D eigenvalue weighted by Crippen LogP contribution is 2.52. The van der Waals surface area contributed by atoms with Gasteiger partial charge in [0, 0.05) is 43.1 Å². The molecule has 0 spiro atoms. The maximum Gasteiger partial charge on any atom is 0.0634 e. The summed E-state index contributed by atoms with van der Waals surface area (Å²) in [4.78, 5) is 0. The summed E-state index contributed by atoms with van der Waals surface area (Å²) in [5.74, 6) is 0. The van der Waals surface area contributed by atoms with E-state index in [0.29, 0.717) is 0 Å². The molecule has 0 N–H and O–H groups in total. The summed E-state index contributed by atoms with van der Waals surface area (Å²) in [6, 6.07) is 31.4. The SMILES string of the molecule is Cc1cccc2c1c1c3c4ccccc4n4c5cccc(C)c5c(c5c6ccccc6n2c51)c34. The molecule has 0 aliphatic heterocycles. The van der Waals surface area contributed by atoms with E-state index in [1.54, 1.807) is 0 Å². The highest BCUT2D eigenvalue weighted by molar-refractivity contribution is 6.45. The van der Waals surface area contributed by atoms with Gasteiger partial charge in [-0.15, -0.1) is 0 Å². The number of aryl methyl sites for hydroxylation is 2. The van der Waals surface area contributed by atoms with Crippen LogP contribution in [0.15, 0.2) is 84.9 Å². The van der Waals surface area contributed by atoms with Gasteiger partial charge in [-0.1, -0.05) is 60.7 Å². The number of nitrogens with zero attached hydrogens (tertiary/aromatic N) is 2. The smallest absolute Gasteiger partial charge is 0.0634 e. The van der Waals surface area contributed by atoms with Crippen molar-refractivity contribution in [2.45, 2.75) is 13.8 Å². The molecule has 0 saturated carbocycles. The Hall–Kier alpha value is -4.30. The minimum absolute atomic E-state index is 1.30. The van der Waals surface area contributed by atoms with Crippen LogP contribution >= 0.6 is 0 Å². The Morgan fingerprint density at radius 1 is 0.382 bits per heavy atom. The van der Waals surface area contributed by atoms with E-state index in [1.807, 2.05) is 0 Å². The summed E-state index contributed by atoms with van der Waals surface area (Å²) in [5.41, 5.74) is 10.6. The fourth-order valence-electron chi connectivity index (χ4n) is 7.01. The van der Waals surface area contributed by atoms with Crippen LogP contribution in [0.3, 0.4) is 0 Å². The minimum atomic E-state index is 1.30. The van der Waals surface area contributed by atoms with Crippen molar-refractivity contribution in [1.29, 1.82) is 0 Å². The van der Waals surface area contributed by atoms with E-state index in [-0.39, 0.29) is 0 Å². The predicted octanol–water partition coefficient (Wildman–Crippen LogP) is 8.60. The van der Waals surface area contributed by atoms with Gasteiger partial charge in [-0.25, -0.2) is 0 Å². The first kappa shape index (κ1) is 17.2. The van der Waals surface area contributed by atoms with Crippen molar-refractivity contribution in [2.24, 2.45) is 0 Å². The maximum atomic E-state index is 2.53. The van der Waals surface area contributed by atoms with E-state index in [4.69, 9.17) is 0 Å². The first-order chi connectivity index (χ1) is 16.8. The molecule has 2 nitrogen and oxygen atoms in total. The molecule has 0 aliphatic carbocycles. The molecule has 0 bridgehead atoms. The number of para-hydroxylation sites is 2. The summed E-state index contributed by atoms with van der Waals surface area (Å²) in [5, 5.41) is 11.0. The van der Waals surface area contributed by atoms with Crippen LogP contribution in [0, 0.1) is 13.8 Å². The lowest BCUT2D eigenvalue weighted by molar-refractivity contribution is 1.36. The van der Waals surface area contributed by atoms with Crippen molar-refractivity contribution in [3.63, 3.8) is 0 Å². The van der Waals surface area contributed by atoms with Crippen LogP contribution in [-0.2, 0) is 0 Å². The summed E-state index contributed by atoms with van der Waals surface area (Å²) >= 11 is 0. The molecule has 0 saturated heterocycles. The fraction of sp³-hybridized carbons (Fsp3) is 0.0625. The zero-order valence-corrected chi connectivity index (χ0v) is 19.0. The van der Waals surface area contributed by atoms with Gasteiger partial charge in [0.25, 0.3) is 0 Å². The second-order valence-corrected chi connectivity index (χ2v) is 9.84. The fourth-order valence-corrected chi connectivity index (χ4v) is 7.01. The zero-order chi connectivity index (χ0) is 22.3. The van der Waals surface area contributed by atoms with Crippen LogP contribution in [-0.4, -0.2) is 8.80 Å². The number of benzene rings is 5. The molecule has 9 rings (SSSR count). The molecule has 158 valence electrons. The first-order valence-electron chi connectivity index (χ1n) is 12.0. The van der Waals surface area contributed by atoms with Crippen LogP contribution in [0.25, 0.3) is 76.2 Å². The molecule has 0 atom stereocenters. The molecule has 2 heteroatoms. The van der Waals surface area contributed by atoms with Gasteiger partial charge in [-0.3, -0.25) is 0 Å². The van der Waals surface area contributed by atoms with Crippen molar-refractivity contribution in [2.75, 3.05) is 0 Å². The Labute approximate surface area is 194 Å². The standard InChI is InChI=1S/C32H20N2/c1-17-9-7-15-23-25(17)29-27-19-11-3-6-14-22(19)34-24-16-8-10-18(2)26(24)30(32(27)34)28-20-12-4-5-13-21(20)33(23)31(28)29/h3-16H,1-2H3. The van der Waals surface area contributed by atoms with Crippen molar-refractivity contribution in [3.05, 3.63) is 96.1 Å². The molecule has 0 amide bonds. The summed E-state index contributed by atoms with van der Waals surface area (Å²) in [6.45, 7) is 4.52. The van der Waals surface area contributed by atoms with Gasteiger partial charge in [0.15, 0.2) is 0 Å². The monoisotopic (exact) mass is 432 g/mol. The number of hydrogen-bond acceptors (Lipinski definition) is 0. The molecular weight excluding hydrogens is 412 g/mol. The van der Waals surface area contributed by atoms with Crippen molar-refractivity contribution in [3.8, 4) is 0 Å². The van der Waals surface area contributed by atoms with E-state index in [1.165, 1.54) is 87.3 Å². The first-order valence-corrected chi connectivity index (χ1v) is 12.0. The number of hydrogen-bond donors (Lipinski definition) is 0. The molecule has 0 aliphatic rings. The molecule has 34 heavy (non-hydrogen) atoms. The van der Waals surface area contributed by atoms with Gasteiger partial charge in [0.2, 0.25) is 0 Å². The van der Waals surface area contributed by atoms with Gasteiger partial charge in [-0.05, 0) is 49.2 Å². The van der Waals surface area contributed by atoms with E-state index in [0.717, 1.165) is 0 Å². The Bertz CT molecular complexity index is 2130. The molecule has 5 aromatic carbocycles. The third-order valence-corrected chi connectivity index (χ3v) is 8.21. The Morgan fingerprint density at radius 3 is 1.26 bits per heavy atom. The third kappa shape index (κ3) is 1.64. The molecule has 9 aromatic rings. The van der Waals surface area contributed by atoms with Crippen LogP contribution in [0.4, 0.5) is 0 Å². The van der Waals surface area contributed by atoms with Crippen molar-refractivity contribution >= 4 is 76.2 Å². The van der Waals surface area contributed by atoms with Crippen molar-refractivity contribution in [1.82, 2.24) is 8.80 Å². The van der Waals surface area contributed by atoms with Crippen LogP contribution in [0.2, 0.25) is 0 Å². The Balaban J connectivity index is 1.86. The van der Waals surface area contributed by atoms with Gasteiger partial charge >= 0.3 is 0 Å². The predicted molar refractivity (Wildman–Crippen MR) is 145 cm³/mol. The quantitative estimate of drug-likeness (QED) is 0.227. The van der Waals surface area contributed by atoms with E-state index >= 15 is 0 Å². The molecule has 0 radical (unpaired) electrons. The van der Waals surface area contributed by atoms with Crippen LogP contribution < -0.4 is 0 Å². The zero-order valence-electron chi connectivity index (χ0n) is 19.0. The number of aromatic nitrogens is 2. The molecular formula is C32H20N2. The van der Waals surface area contributed by atoms with E-state index in [9.17, 15) is 0 Å². The lowest BCUT2D eigenvalue weighted by Gasteiger charge is -2.05. The summed E-state index contributed by atoms with van der Waals surface area (Å²) in [7, 11) is 0.